The van der Waals surface area contributed by atoms with Gasteiger partial charge in [0.1, 0.15) is 17.7 Å². The van der Waals surface area contributed by atoms with Crippen LogP contribution in [0.4, 0.5) is 13.2 Å². The molecular formula is C22H16F3N5O. The molecule has 1 aliphatic heterocycles. The highest BCUT2D eigenvalue weighted by atomic mass is 19.2. The van der Waals surface area contributed by atoms with Gasteiger partial charge in [-0.3, -0.25) is 0 Å². The van der Waals surface area contributed by atoms with Crippen molar-refractivity contribution in [1.82, 2.24) is 20.6 Å². The Morgan fingerprint density at radius 2 is 1.68 bits per heavy atom. The Bertz CT molecular complexity index is 1260. The monoisotopic (exact) mass is 423 g/mol. The van der Waals surface area contributed by atoms with Crippen LogP contribution in [0.2, 0.25) is 0 Å². The quantitative estimate of drug-likeness (QED) is 0.487. The molecule has 0 spiro atoms. The number of H-pyrrole nitrogens is 1. The van der Waals surface area contributed by atoms with E-state index < -0.39 is 29.6 Å². The van der Waals surface area contributed by atoms with Crippen LogP contribution in [-0.2, 0) is 6.42 Å². The Labute approximate surface area is 174 Å². The molecule has 2 atom stereocenters. The van der Waals surface area contributed by atoms with Crippen LogP contribution >= 0.6 is 0 Å². The molecule has 0 saturated carbocycles. The summed E-state index contributed by atoms with van der Waals surface area (Å²) in [6.07, 6.45) is -0.534. The van der Waals surface area contributed by atoms with E-state index in [4.69, 9.17) is 10.5 Å². The van der Waals surface area contributed by atoms with Crippen molar-refractivity contribution in [2.24, 2.45) is 5.73 Å². The lowest BCUT2D eigenvalue weighted by Crippen LogP contribution is -2.38. The third-order valence-corrected chi connectivity index (χ3v) is 5.32. The van der Waals surface area contributed by atoms with Crippen molar-refractivity contribution in [2.75, 3.05) is 0 Å². The van der Waals surface area contributed by atoms with Gasteiger partial charge in [-0.25, -0.2) is 18.3 Å². The van der Waals surface area contributed by atoms with E-state index in [0.29, 0.717) is 24.1 Å². The van der Waals surface area contributed by atoms with Crippen molar-refractivity contribution >= 4 is 0 Å². The van der Waals surface area contributed by atoms with E-state index in [1.54, 1.807) is 6.07 Å². The van der Waals surface area contributed by atoms with E-state index in [1.165, 1.54) is 0 Å². The van der Waals surface area contributed by atoms with Crippen LogP contribution in [0, 0.1) is 17.5 Å². The Morgan fingerprint density at radius 1 is 0.903 bits per heavy atom. The SMILES string of the molecule is N[C@@H]1Cc2cc(-c3cccc(-c4nnn[nH]4)c3)ccc2O[C@H]1c1cc(F)c(F)cc1F. The summed E-state index contributed by atoms with van der Waals surface area (Å²) in [7, 11) is 0. The molecule has 3 N–H and O–H groups in total. The molecule has 0 bridgehead atoms. The van der Waals surface area contributed by atoms with Gasteiger partial charge in [-0.1, -0.05) is 24.3 Å². The summed E-state index contributed by atoms with van der Waals surface area (Å²) in [5, 5.41) is 13.8. The van der Waals surface area contributed by atoms with E-state index in [1.807, 2.05) is 36.4 Å². The van der Waals surface area contributed by atoms with Crippen molar-refractivity contribution in [3.63, 3.8) is 0 Å². The van der Waals surface area contributed by atoms with Gasteiger partial charge in [0.15, 0.2) is 17.5 Å². The highest BCUT2D eigenvalue weighted by molar-refractivity contribution is 5.71. The third-order valence-electron chi connectivity index (χ3n) is 5.32. The zero-order valence-corrected chi connectivity index (χ0v) is 16.0. The Hall–Kier alpha value is -3.72. The van der Waals surface area contributed by atoms with Gasteiger partial charge in [-0.2, -0.15) is 0 Å². The van der Waals surface area contributed by atoms with Gasteiger partial charge < -0.3 is 10.5 Å². The molecule has 6 nitrogen and oxygen atoms in total. The van der Waals surface area contributed by atoms with Crippen molar-refractivity contribution in [1.29, 1.82) is 0 Å². The van der Waals surface area contributed by atoms with Gasteiger partial charge in [-0.15, -0.1) is 5.10 Å². The topological polar surface area (TPSA) is 89.7 Å². The molecule has 2 heterocycles. The maximum atomic E-state index is 14.2. The zero-order chi connectivity index (χ0) is 21.5. The number of halogens is 3. The second kappa shape index (κ2) is 7.51. The fraction of sp³-hybridized carbons (Fsp3) is 0.136. The number of nitrogens with zero attached hydrogens (tertiary/aromatic N) is 3. The van der Waals surface area contributed by atoms with Gasteiger partial charge in [0.2, 0.25) is 0 Å². The largest absolute Gasteiger partial charge is 0.484 e. The first-order valence-corrected chi connectivity index (χ1v) is 9.54. The van der Waals surface area contributed by atoms with Crippen LogP contribution in [0.5, 0.6) is 5.75 Å². The van der Waals surface area contributed by atoms with Crippen molar-refractivity contribution in [3.8, 4) is 28.3 Å². The normalized spacial score (nSPS) is 17.8. The molecule has 0 aliphatic carbocycles. The summed E-state index contributed by atoms with van der Waals surface area (Å²) in [6, 6.07) is 14.0. The first-order valence-electron chi connectivity index (χ1n) is 9.54. The smallest absolute Gasteiger partial charge is 0.179 e. The molecule has 1 aromatic heterocycles. The minimum absolute atomic E-state index is 0.102. The lowest BCUT2D eigenvalue weighted by molar-refractivity contribution is 0.148. The molecular weight excluding hydrogens is 407 g/mol. The van der Waals surface area contributed by atoms with Gasteiger partial charge >= 0.3 is 0 Å². The summed E-state index contributed by atoms with van der Waals surface area (Å²) in [6.45, 7) is 0. The lowest BCUT2D eigenvalue weighted by atomic mass is 9.91. The van der Waals surface area contributed by atoms with E-state index >= 15 is 0 Å². The summed E-state index contributed by atoms with van der Waals surface area (Å²) < 4.78 is 47.1. The molecule has 0 fully saturated rings. The third kappa shape index (κ3) is 3.53. The highest BCUT2D eigenvalue weighted by Gasteiger charge is 2.32. The Morgan fingerprint density at radius 3 is 2.48 bits per heavy atom. The van der Waals surface area contributed by atoms with Crippen LogP contribution in [0.25, 0.3) is 22.5 Å². The lowest BCUT2D eigenvalue weighted by Gasteiger charge is -2.32. The predicted molar refractivity (Wildman–Crippen MR) is 106 cm³/mol. The number of nitrogens with one attached hydrogen (secondary N) is 1. The first kappa shape index (κ1) is 19.3. The Balaban J connectivity index is 1.46. The minimum Gasteiger partial charge on any atom is -0.484 e. The van der Waals surface area contributed by atoms with Crippen molar-refractivity contribution < 1.29 is 17.9 Å². The van der Waals surface area contributed by atoms with E-state index in [-0.39, 0.29) is 5.56 Å². The van der Waals surface area contributed by atoms with E-state index in [0.717, 1.165) is 28.3 Å². The number of tetrazole rings is 1. The molecule has 1 aliphatic rings. The van der Waals surface area contributed by atoms with Crippen LogP contribution in [0.3, 0.4) is 0 Å². The van der Waals surface area contributed by atoms with Gasteiger partial charge in [-0.05, 0) is 57.8 Å². The van der Waals surface area contributed by atoms with Crippen molar-refractivity contribution in [2.45, 2.75) is 18.6 Å². The number of hydrogen-bond acceptors (Lipinski definition) is 5. The number of benzene rings is 3. The molecule has 4 aromatic rings. The summed E-state index contributed by atoms with van der Waals surface area (Å²) in [4.78, 5) is 0. The number of rotatable bonds is 3. The van der Waals surface area contributed by atoms with Gasteiger partial charge in [0.05, 0.1) is 6.04 Å². The number of nitrogens with two attached hydrogens (primary N) is 1. The van der Waals surface area contributed by atoms with E-state index in [9.17, 15) is 13.2 Å². The molecule has 0 amide bonds. The first-order chi connectivity index (χ1) is 15.0. The molecule has 0 unspecified atom stereocenters. The maximum absolute atomic E-state index is 14.2. The maximum Gasteiger partial charge on any atom is 0.179 e. The number of fused-ring (bicyclic) bond motifs is 1. The second-order valence-electron chi connectivity index (χ2n) is 7.35. The molecule has 0 saturated heterocycles. The molecule has 0 radical (unpaired) electrons. The highest BCUT2D eigenvalue weighted by Crippen LogP contribution is 2.38. The predicted octanol–water partition coefficient (Wildman–Crippen LogP) is 3.95. The fourth-order valence-electron chi connectivity index (χ4n) is 3.80. The molecule has 31 heavy (non-hydrogen) atoms. The number of hydrogen-bond donors (Lipinski definition) is 2. The van der Waals surface area contributed by atoms with Crippen LogP contribution in [0.1, 0.15) is 17.2 Å². The average molecular weight is 423 g/mol. The summed E-state index contributed by atoms with van der Waals surface area (Å²) >= 11 is 0. The number of ether oxygens (including phenoxy) is 1. The molecule has 9 heteroatoms. The minimum atomic E-state index is -1.25. The number of aromatic amines is 1. The summed E-state index contributed by atoms with van der Waals surface area (Å²) in [5.74, 6) is -2.20. The standard InChI is InChI=1S/C22H16F3N5O/c23-16-10-18(25)17(24)9-15(16)21-19(26)8-14-7-12(4-5-20(14)31-21)11-2-1-3-13(6-11)22-27-29-30-28-22/h1-7,9-10,19,21H,8,26H2,(H,27,28,29,30)/t19-,21+/m1/s1. The zero-order valence-electron chi connectivity index (χ0n) is 16.0. The molecule has 5 rings (SSSR count). The Kier molecular flexibility index (Phi) is 4.67. The van der Waals surface area contributed by atoms with Crippen LogP contribution in [0.15, 0.2) is 54.6 Å². The van der Waals surface area contributed by atoms with Crippen LogP contribution in [-0.4, -0.2) is 26.7 Å². The fourth-order valence-corrected chi connectivity index (χ4v) is 3.80. The average Bonchev–Trinajstić information content (AvgIpc) is 3.31. The van der Waals surface area contributed by atoms with Crippen molar-refractivity contribution in [3.05, 3.63) is 83.2 Å². The van der Waals surface area contributed by atoms with E-state index in [2.05, 4.69) is 20.6 Å². The molecule has 3 aromatic carbocycles. The van der Waals surface area contributed by atoms with Gasteiger partial charge in [0.25, 0.3) is 0 Å². The summed E-state index contributed by atoms with van der Waals surface area (Å²) in [5.41, 5.74) is 9.68. The van der Waals surface area contributed by atoms with Crippen LogP contribution < -0.4 is 10.5 Å². The molecule has 156 valence electrons. The second-order valence-corrected chi connectivity index (χ2v) is 7.35. The number of aromatic nitrogens is 4. The van der Waals surface area contributed by atoms with Gasteiger partial charge in [0, 0.05) is 17.2 Å².